The highest BCUT2D eigenvalue weighted by molar-refractivity contribution is 7.17. The molecule has 2 heterocycles. The Morgan fingerprint density at radius 3 is 2.83 bits per heavy atom. The van der Waals surface area contributed by atoms with Gasteiger partial charge in [0.2, 0.25) is 0 Å². The third-order valence-corrected chi connectivity index (χ3v) is 4.18. The fraction of sp³-hybridized carbons (Fsp3) is 0.200. The van der Waals surface area contributed by atoms with E-state index in [4.69, 9.17) is 4.42 Å². The van der Waals surface area contributed by atoms with Crippen molar-refractivity contribution in [3.05, 3.63) is 58.9 Å². The second-order valence-corrected chi connectivity index (χ2v) is 5.31. The van der Waals surface area contributed by atoms with Crippen LogP contribution < -0.4 is 5.32 Å². The van der Waals surface area contributed by atoms with Gasteiger partial charge < -0.3 is 9.73 Å². The van der Waals surface area contributed by atoms with Crippen molar-refractivity contribution in [3.63, 3.8) is 0 Å². The summed E-state index contributed by atoms with van der Waals surface area (Å²) in [5.74, 6) is 0.949. The van der Waals surface area contributed by atoms with E-state index in [9.17, 15) is 0 Å². The molecule has 1 unspecified atom stereocenters. The highest BCUT2D eigenvalue weighted by Gasteiger charge is 2.17. The van der Waals surface area contributed by atoms with Crippen molar-refractivity contribution in [2.45, 2.75) is 13.0 Å². The molecular formula is C15H15NOS. The maximum absolute atomic E-state index is 5.42. The molecule has 3 heteroatoms. The number of rotatable bonds is 3. The molecule has 0 saturated carbocycles. The van der Waals surface area contributed by atoms with Crippen LogP contribution in [0.1, 0.15) is 22.9 Å². The van der Waals surface area contributed by atoms with Crippen molar-refractivity contribution in [2.75, 3.05) is 7.05 Å². The Kier molecular flexibility index (Phi) is 2.94. The maximum Gasteiger partial charge on any atom is 0.101 e. The molecule has 0 saturated heterocycles. The van der Waals surface area contributed by atoms with Crippen molar-refractivity contribution < 1.29 is 4.42 Å². The Balaban J connectivity index is 2.11. The quantitative estimate of drug-likeness (QED) is 0.763. The van der Waals surface area contributed by atoms with Gasteiger partial charge in [0.05, 0.1) is 12.3 Å². The van der Waals surface area contributed by atoms with Crippen LogP contribution in [-0.2, 0) is 0 Å². The van der Waals surface area contributed by atoms with E-state index in [2.05, 4.69) is 41.0 Å². The van der Waals surface area contributed by atoms with Gasteiger partial charge in [-0.15, -0.1) is 11.3 Å². The Labute approximate surface area is 110 Å². The molecule has 92 valence electrons. The summed E-state index contributed by atoms with van der Waals surface area (Å²) in [5, 5.41) is 6.92. The van der Waals surface area contributed by atoms with Crippen LogP contribution in [0.3, 0.4) is 0 Å². The molecule has 0 spiro atoms. The van der Waals surface area contributed by atoms with Gasteiger partial charge >= 0.3 is 0 Å². The number of hydrogen-bond donors (Lipinski definition) is 1. The van der Waals surface area contributed by atoms with E-state index in [1.165, 1.54) is 21.2 Å². The first-order valence-corrected chi connectivity index (χ1v) is 6.86. The molecule has 2 nitrogen and oxygen atoms in total. The maximum atomic E-state index is 5.42. The predicted molar refractivity (Wildman–Crippen MR) is 76.2 cm³/mol. The molecule has 1 atom stereocenters. The SMILES string of the molecule is CNC(c1coc(C)c1)c1csc2ccccc12. The lowest BCUT2D eigenvalue weighted by molar-refractivity contribution is 0.528. The lowest BCUT2D eigenvalue weighted by Crippen LogP contribution is -2.16. The largest absolute Gasteiger partial charge is 0.469 e. The van der Waals surface area contributed by atoms with Gasteiger partial charge in [0.1, 0.15) is 5.76 Å². The van der Waals surface area contributed by atoms with Gasteiger partial charge in [-0.25, -0.2) is 0 Å². The second-order valence-electron chi connectivity index (χ2n) is 4.40. The number of thiophene rings is 1. The highest BCUT2D eigenvalue weighted by Crippen LogP contribution is 2.33. The van der Waals surface area contributed by atoms with E-state index >= 15 is 0 Å². The normalized spacial score (nSPS) is 13.0. The molecule has 0 aliphatic rings. The van der Waals surface area contributed by atoms with Gasteiger partial charge in [-0.2, -0.15) is 0 Å². The van der Waals surface area contributed by atoms with E-state index in [1.807, 2.05) is 20.2 Å². The van der Waals surface area contributed by atoms with Crippen LogP contribution in [0.5, 0.6) is 0 Å². The molecule has 0 amide bonds. The zero-order valence-electron chi connectivity index (χ0n) is 10.4. The highest BCUT2D eigenvalue weighted by atomic mass is 32.1. The van der Waals surface area contributed by atoms with Crippen LogP contribution >= 0.6 is 11.3 Å². The van der Waals surface area contributed by atoms with Crippen molar-refractivity contribution in [2.24, 2.45) is 0 Å². The summed E-state index contributed by atoms with van der Waals surface area (Å²) in [6.45, 7) is 1.97. The zero-order chi connectivity index (χ0) is 12.5. The van der Waals surface area contributed by atoms with E-state index in [1.54, 1.807) is 11.3 Å². The number of fused-ring (bicyclic) bond motifs is 1. The fourth-order valence-electron chi connectivity index (χ4n) is 2.34. The molecule has 0 radical (unpaired) electrons. The minimum atomic E-state index is 0.193. The molecule has 3 aromatic rings. The molecule has 0 bridgehead atoms. The van der Waals surface area contributed by atoms with E-state index in [0.29, 0.717) is 0 Å². The molecule has 0 aliphatic carbocycles. The molecule has 0 aliphatic heterocycles. The first-order chi connectivity index (χ1) is 8.79. The van der Waals surface area contributed by atoms with Gasteiger partial charge in [0.15, 0.2) is 0 Å². The summed E-state index contributed by atoms with van der Waals surface area (Å²) in [5.41, 5.74) is 2.50. The number of hydrogen-bond acceptors (Lipinski definition) is 3. The van der Waals surface area contributed by atoms with Gasteiger partial charge in [-0.05, 0) is 42.4 Å². The smallest absolute Gasteiger partial charge is 0.101 e. The third kappa shape index (κ3) is 1.85. The Bertz CT molecular complexity index is 668. The van der Waals surface area contributed by atoms with Crippen molar-refractivity contribution in [1.29, 1.82) is 0 Å². The lowest BCUT2D eigenvalue weighted by Gasteiger charge is -2.13. The van der Waals surface area contributed by atoms with Crippen LogP contribution in [0.4, 0.5) is 0 Å². The summed E-state index contributed by atoms with van der Waals surface area (Å²) >= 11 is 1.79. The van der Waals surface area contributed by atoms with E-state index in [-0.39, 0.29) is 6.04 Å². The average molecular weight is 257 g/mol. The van der Waals surface area contributed by atoms with Crippen molar-refractivity contribution in [3.8, 4) is 0 Å². The van der Waals surface area contributed by atoms with Gasteiger partial charge in [0, 0.05) is 10.3 Å². The summed E-state index contributed by atoms with van der Waals surface area (Å²) in [7, 11) is 1.99. The number of nitrogens with one attached hydrogen (secondary N) is 1. The minimum Gasteiger partial charge on any atom is -0.469 e. The Hall–Kier alpha value is -1.58. The average Bonchev–Trinajstić information content (AvgIpc) is 2.98. The van der Waals surface area contributed by atoms with Crippen LogP contribution in [0, 0.1) is 6.92 Å². The molecule has 3 rings (SSSR count). The summed E-state index contributed by atoms with van der Waals surface area (Å²) < 4.78 is 6.75. The minimum absolute atomic E-state index is 0.193. The van der Waals surface area contributed by atoms with Crippen LogP contribution in [0.15, 0.2) is 46.4 Å². The van der Waals surface area contributed by atoms with Gasteiger partial charge in [-0.1, -0.05) is 18.2 Å². The third-order valence-electron chi connectivity index (χ3n) is 3.19. The monoisotopic (exact) mass is 257 g/mol. The second kappa shape index (κ2) is 4.59. The van der Waals surface area contributed by atoms with Crippen molar-refractivity contribution in [1.82, 2.24) is 5.32 Å². The molecule has 18 heavy (non-hydrogen) atoms. The topological polar surface area (TPSA) is 25.2 Å². The molecule has 1 aromatic carbocycles. The van der Waals surface area contributed by atoms with E-state index in [0.717, 1.165) is 5.76 Å². The number of aryl methyl sites for hydroxylation is 1. The summed E-state index contributed by atoms with van der Waals surface area (Å²) in [4.78, 5) is 0. The summed E-state index contributed by atoms with van der Waals surface area (Å²) in [6.07, 6.45) is 1.84. The van der Waals surface area contributed by atoms with Gasteiger partial charge in [-0.3, -0.25) is 0 Å². The molecule has 1 N–H and O–H groups in total. The van der Waals surface area contributed by atoms with Crippen molar-refractivity contribution >= 4 is 21.4 Å². The molecular weight excluding hydrogens is 242 g/mol. The first-order valence-electron chi connectivity index (χ1n) is 5.98. The number of benzene rings is 1. The Morgan fingerprint density at radius 1 is 1.28 bits per heavy atom. The fourth-order valence-corrected chi connectivity index (χ4v) is 3.33. The molecule has 0 fully saturated rings. The zero-order valence-corrected chi connectivity index (χ0v) is 11.3. The summed E-state index contributed by atoms with van der Waals surface area (Å²) in [6, 6.07) is 10.8. The van der Waals surface area contributed by atoms with Crippen LogP contribution in [0.25, 0.3) is 10.1 Å². The predicted octanol–water partition coefficient (Wildman–Crippen LogP) is 4.11. The first kappa shape index (κ1) is 11.5. The number of furan rings is 1. The standard InChI is InChI=1S/C15H15NOS/c1-10-7-11(8-17-10)15(16-2)13-9-18-14-6-4-3-5-12(13)14/h3-9,15-16H,1-2H3. The van der Waals surface area contributed by atoms with Crippen LogP contribution in [0.2, 0.25) is 0 Å². The molecule has 2 aromatic heterocycles. The van der Waals surface area contributed by atoms with E-state index < -0.39 is 0 Å². The Morgan fingerprint density at radius 2 is 2.11 bits per heavy atom. The lowest BCUT2D eigenvalue weighted by atomic mass is 10.0. The van der Waals surface area contributed by atoms with Gasteiger partial charge in [0.25, 0.3) is 0 Å². The van der Waals surface area contributed by atoms with Crippen LogP contribution in [-0.4, -0.2) is 7.05 Å².